The third kappa shape index (κ3) is 2.44. The van der Waals surface area contributed by atoms with Crippen molar-refractivity contribution in [1.82, 2.24) is 14.7 Å². The van der Waals surface area contributed by atoms with E-state index in [1.54, 1.807) is 0 Å². The van der Waals surface area contributed by atoms with Crippen LogP contribution < -0.4 is 0 Å². The van der Waals surface area contributed by atoms with E-state index in [1.807, 2.05) is 11.7 Å². The third-order valence-corrected chi connectivity index (χ3v) is 3.41. The molecule has 1 aliphatic rings. The van der Waals surface area contributed by atoms with E-state index in [4.69, 9.17) is 5.11 Å². The molecule has 0 saturated carbocycles. The number of piperidine rings is 1. The zero-order chi connectivity index (χ0) is 11.5. The molecule has 2 rings (SSSR count). The molecule has 0 spiro atoms. The average molecular weight is 223 g/mol. The average Bonchev–Trinajstić information content (AvgIpc) is 2.61. The SMILES string of the molecule is CN1CCC[C@@H](c2cc(CCO)n(C)n2)C1. The van der Waals surface area contributed by atoms with Crippen LogP contribution in [0.25, 0.3) is 0 Å². The Morgan fingerprint density at radius 3 is 3.00 bits per heavy atom. The number of likely N-dealkylation sites (N-methyl/N-ethyl adjacent to an activating group) is 1. The first kappa shape index (κ1) is 11.6. The van der Waals surface area contributed by atoms with Gasteiger partial charge in [0, 0.05) is 38.2 Å². The second-order valence-electron chi connectivity index (χ2n) is 4.76. The summed E-state index contributed by atoms with van der Waals surface area (Å²) in [5.74, 6) is 0.567. The molecule has 4 nitrogen and oxygen atoms in total. The van der Waals surface area contributed by atoms with Gasteiger partial charge in [-0.25, -0.2) is 0 Å². The molecular weight excluding hydrogens is 202 g/mol. The number of aliphatic hydroxyl groups excluding tert-OH is 1. The molecule has 0 aromatic carbocycles. The number of hydrogen-bond acceptors (Lipinski definition) is 3. The third-order valence-electron chi connectivity index (χ3n) is 3.41. The lowest BCUT2D eigenvalue weighted by Crippen LogP contribution is -2.31. The molecule has 0 amide bonds. The van der Waals surface area contributed by atoms with Gasteiger partial charge in [-0.3, -0.25) is 4.68 Å². The lowest BCUT2D eigenvalue weighted by molar-refractivity contribution is 0.248. The normalized spacial score (nSPS) is 22.6. The highest BCUT2D eigenvalue weighted by molar-refractivity contribution is 5.15. The Morgan fingerprint density at radius 2 is 2.31 bits per heavy atom. The molecule has 4 heteroatoms. The Morgan fingerprint density at radius 1 is 1.50 bits per heavy atom. The maximum atomic E-state index is 8.96. The van der Waals surface area contributed by atoms with Gasteiger partial charge >= 0.3 is 0 Å². The highest BCUT2D eigenvalue weighted by atomic mass is 16.3. The van der Waals surface area contributed by atoms with E-state index in [1.165, 1.54) is 25.1 Å². The predicted octanol–water partition coefficient (Wildman–Crippen LogP) is 0.764. The highest BCUT2D eigenvalue weighted by Gasteiger charge is 2.21. The van der Waals surface area contributed by atoms with E-state index >= 15 is 0 Å². The zero-order valence-corrected chi connectivity index (χ0v) is 10.2. The molecule has 16 heavy (non-hydrogen) atoms. The number of hydrogen-bond donors (Lipinski definition) is 1. The van der Waals surface area contributed by atoms with Crippen molar-refractivity contribution < 1.29 is 5.11 Å². The summed E-state index contributed by atoms with van der Waals surface area (Å²) in [5, 5.41) is 13.5. The molecule has 1 aliphatic heterocycles. The summed E-state index contributed by atoms with van der Waals surface area (Å²) in [7, 11) is 4.13. The van der Waals surface area contributed by atoms with Crippen molar-refractivity contribution in [2.24, 2.45) is 7.05 Å². The number of aliphatic hydroxyl groups is 1. The molecule has 1 aromatic rings. The van der Waals surface area contributed by atoms with E-state index in [0.717, 1.165) is 12.2 Å². The summed E-state index contributed by atoms with van der Waals surface area (Å²) < 4.78 is 1.90. The molecular formula is C12H21N3O. The minimum atomic E-state index is 0.198. The summed E-state index contributed by atoms with van der Waals surface area (Å²) in [6.45, 7) is 2.51. The number of aromatic nitrogens is 2. The van der Waals surface area contributed by atoms with Crippen LogP contribution in [-0.4, -0.2) is 46.5 Å². The van der Waals surface area contributed by atoms with Crippen LogP contribution in [0.15, 0.2) is 6.07 Å². The molecule has 90 valence electrons. The van der Waals surface area contributed by atoms with Crippen molar-refractivity contribution in [1.29, 1.82) is 0 Å². The first-order valence-electron chi connectivity index (χ1n) is 6.03. The van der Waals surface area contributed by atoms with Crippen LogP contribution >= 0.6 is 0 Å². The molecule has 0 radical (unpaired) electrons. The van der Waals surface area contributed by atoms with E-state index in [2.05, 4.69) is 23.1 Å². The van der Waals surface area contributed by atoms with Crippen molar-refractivity contribution in [2.75, 3.05) is 26.7 Å². The van der Waals surface area contributed by atoms with E-state index in [-0.39, 0.29) is 6.61 Å². The maximum absolute atomic E-state index is 8.96. The fraction of sp³-hybridized carbons (Fsp3) is 0.750. The summed E-state index contributed by atoms with van der Waals surface area (Å²) in [4.78, 5) is 2.37. The Balaban J connectivity index is 2.10. The smallest absolute Gasteiger partial charge is 0.0671 e. The molecule has 1 atom stereocenters. The van der Waals surface area contributed by atoms with Gasteiger partial charge in [-0.05, 0) is 32.5 Å². The van der Waals surface area contributed by atoms with Crippen LogP contribution in [0, 0.1) is 0 Å². The maximum Gasteiger partial charge on any atom is 0.0671 e. The van der Waals surface area contributed by atoms with E-state index in [9.17, 15) is 0 Å². The van der Waals surface area contributed by atoms with Gasteiger partial charge < -0.3 is 10.0 Å². The molecule has 1 aromatic heterocycles. The van der Waals surface area contributed by atoms with Gasteiger partial charge in [0.05, 0.1) is 5.69 Å². The predicted molar refractivity (Wildman–Crippen MR) is 63.5 cm³/mol. The minimum Gasteiger partial charge on any atom is -0.396 e. The molecule has 1 saturated heterocycles. The quantitative estimate of drug-likeness (QED) is 0.822. The van der Waals surface area contributed by atoms with Gasteiger partial charge in [0.2, 0.25) is 0 Å². The Bertz CT molecular complexity index is 348. The van der Waals surface area contributed by atoms with Crippen molar-refractivity contribution in [2.45, 2.75) is 25.2 Å². The summed E-state index contributed by atoms with van der Waals surface area (Å²) in [5.41, 5.74) is 2.32. The Kier molecular flexibility index (Phi) is 3.61. The number of likely N-dealkylation sites (tertiary alicyclic amines) is 1. The Labute approximate surface area is 96.9 Å². The second-order valence-corrected chi connectivity index (χ2v) is 4.76. The lowest BCUT2D eigenvalue weighted by atomic mass is 9.95. The van der Waals surface area contributed by atoms with Gasteiger partial charge in [-0.2, -0.15) is 5.10 Å². The monoisotopic (exact) mass is 223 g/mol. The number of nitrogens with zero attached hydrogens (tertiary/aromatic N) is 3. The number of aryl methyl sites for hydroxylation is 1. The van der Waals surface area contributed by atoms with Gasteiger partial charge in [0.25, 0.3) is 0 Å². The van der Waals surface area contributed by atoms with Crippen LogP contribution in [0.3, 0.4) is 0 Å². The van der Waals surface area contributed by atoms with Crippen molar-refractivity contribution in [3.05, 3.63) is 17.5 Å². The van der Waals surface area contributed by atoms with Crippen LogP contribution in [0.1, 0.15) is 30.1 Å². The molecule has 0 aliphatic carbocycles. The molecule has 2 heterocycles. The van der Waals surface area contributed by atoms with Crippen LogP contribution in [0.2, 0.25) is 0 Å². The summed E-state index contributed by atoms with van der Waals surface area (Å²) in [6, 6.07) is 2.15. The molecule has 1 fully saturated rings. The van der Waals surface area contributed by atoms with Crippen LogP contribution in [-0.2, 0) is 13.5 Å². The summed E-state index contributed by atoms with van der Waals surface area (Å²) in [6.07, 6.45) is 3.19. The highest BCUT2D eigenvalue weighted by Crippen LogP contribution is 2.25. The lowest BCUT2D eigenvalue weighted by Gasteiger charge is -2.28. The standard InChI is InChI=1S/C12H21N3O/c1-14-6-3-4-10(9-14)12-8-11(5-7-16)15(2)13-12/h8,10,16H,3-7,9H2,1-2H3/t10-/m1/s1. The van der Waals surface area contributed by atoms with Gasteiger partial charge in [0.15, 0.2) is 0 Å². The second kappa shape index (κ2) is 4.97. The first-order chi connectivity index (χ1) is 7.70. The van der Waals surface area contributed by atoms with Crippen molar-refractivity contribution in [3.8, 4) is 0 Å². The van der Waals surface area contributed by atoms with E-state index in [0.29, 0.717) is 12.3 Å². The zero-order valence-electron chi connectivity index (χ0n) is 10.2. The van der Waals surface area contributed by atoms with Crippen molar-refractivity contribution >= 4 is 0 Å². The van der Waals surface area contributed by atoms with Crippen LogP contribution in [0.4, 0.5) is 0 Å². The van der Waals surface area contributed by atoms with Gasteiger partial charge in [-0.15, -0.1) is 0 Å². The van der Waals surface area contributed by atoms with Crippen molar-refractivity contribution in [3.63, 3.8) is 0 Å². The fourth-order valence-corrected chi connectivity index (χ4v) is 2.49. The Hall–Kier alpha value is -0.870. The van der Waals surface area contributed by atoms with Gasteiger partial charge in [0.1, 0.15) is 0 Å². The minimum absolute atomic E-state index is 0.198. The largest absolute Gasteiger partial charge is 0.396 e. The van der Waals surface area contributed by atoms with Crippen LogP contribution in [0.5, 0.6) is 0 Å². The van der Waals surface area contributed by atoms with E-state index < -0.39 is 0 Å². The number of rotatable bonds is 3. The molecule has 0 bridgehead atoms. The molecule has 0 unspecified atom stereocenters. The topological polar surface area (TPSA) is 41.3 Å². The first-order valence-corrected chi connectivity index (χ1v) is 6.03. The molecule has 1 N–H and O–H groups in total. The van der Waals surface area contributed by atoms with Gasteiger partial charge in [-0.1, -0.05) is 0 Å². The fourth-order valence-electron chi connectivity index (χ4n) is 2.49. The summed E-state index contributed by atoms with van der Waals surface area (Å²) >= 11 is 0.